The molecule has 0 heterocycles. The number of rotatable bonds is 30. The highest BCUT2D eigenvalue weighted by Gasteiger charge is 2.33. The Morgan fingerprint density at radius 2 is 0.625 bits per heavy atom. The normalized spacial score (nSPS) is 14.1. The predicted molar refractivity (Wildman–Crippen MR) is 169 cm³/mol. The third kappa shape index (κ3) is 23.9. The van der Waals surface area contributed by atoms with Gasteiger partial charge in [-0.05, 0) is 24.7 Å². The molecule has 2 unspecified atom stereocenters. The van der Waals surface area contributed by atoms with Crippen LogP contribution in [0.25, 0.3) is 0 Å². The van der Waals surface area contributed by atoms with Gasteiger partial charge in [-0.2, -0.15) is 0 Å². The Kier molecular flexibility index (Phi) is 26.5. The molecular weight excluding hydrogens is 500 g/mol. The van der Waals surface area contributed by atoms with E-state index >= 15 is 0 Å². The third-order valence-electron chi connectivity index (χ3n) is 8.22. The number of carbonyl (C=O) groups excluding carboxylic acids is 2. The number of ketones is 2. The number of hydrogen-bond donors (Lipinski definition) is 3. The topological polar surface area (TPSA) is 94.8 Å². The molecule has 2 atom stereocenters. The summed E-state index contributed by atoms with van der Waals surface area (Å²) in [4.78, 5) is 24.5. The summed E-state index contributed by atoms with van der Waals surface area (Å²) in [7, 11) is 0. The van der Waals surface area contributed by atoms with Crippen LogP contribution in [0.5, 0.6) is 0 Å². The minimum Gasteiger partial charge on any atom is -0.387 e. The van der Waals surface area contributed by atoms with E-state index in [9.17, 15) is 24.9 Å². The maximum Gasteiger partial charge on any atom is 0.164 e. The minimum atomic E-state index is -1.74. The van der Waals surface area contributed by atoms with E-state index in [2.05, 4.69) is 27.7 Å². The SMILES string of the molecule is CC(C)CCCCCCCCCCCCC(=O)C(O)C(O)C(O)C(=O)CCCCCCCCCCCCC(C)C. The Balaban J connectivity index is 3.73. The van der Waals surface area contributed by atoms with Gasteiger partial charge in [0.15, 0.2) is 11.6 Å². The van der Waals surface area contributed by atoms with Gasteiger partial charge in [0, 0.05) is 12.8 Å². The second-order valence-corrected chi connectivity index (χ2v) is 13.2. The van der Waals surface area contributed by atoms with Gasteiger partial charge in [0.25, 0.3) is 0 Å². The summed E-state index contributed by atoms with van der Waals surface area (Å²) < 4.78 is 0. The lowest BCUT2D eigenvalue weighted by Crippen LogP contribution is -2.45. The van der Waals surface area contributed by atoms with E-state index in [1.807, 2.05) is 0 Å². The van der Waals surface area contributed by atoms with Crippen LogP contribution < -0.4 is 0 Å². The van der Waals surface area contributed by atoms with E-state index in [-0.39, 0.29) is 12.8 Å². The number of carbonyl (C=O) groups is 2. The maximum absolute atomic E-state index is 12.3. The van der Waals surface area contributed by atoms with Crippen molar-refractivity contribution in [2.24, 2.45) is 11.8 Å². The van der Waals surface area contributed by atoms with Crippen molar-refractivity contribution in [2.45, 2.75) is 200 Å². The molecule has 5 heteroatoms. The zero-order chi connectivity index (χ0) is 30.0. The van der Waals surface area contributed by atoms with Gasteiger partial charge in [0.2, 0.25) is 0 Å². The van der Waals surface area contributed by atoms with E-state index in [1.165, 1.54) is 89.9 Å². The molecule has 0 saturated heterocycles. The lowest BCUT2D eigenvalue weighted by Gasteiger charge is -2.21. The molecule has 0 radical (unpaired) electrons. The molecule has 5 nitrogen and oxygen atoms in total. The van der Waals surface area contributed by atoms with Gasteiger partial charge in [-0.3, -0.25) is 9.59 Å². The van der Waals surface area contributed by atoms with Crippen LogP contribution in [0.3, 0.4) is 0 Å². The standard InChI is InChI=1S/C35H68O5/c1-29(2)25-21-17-13-9-5-7-11-15-19-23-27-31(36)33(38)35(40)34(39)32(37)28-24-20-16-12-8-6-10-14-18-22-26-30(3)4/h29-30,33-35,38-40H,5-28H2,1-4H3. The molecular formula is C35H68O5. The Labute approximate surface area is 248 Å². The summed E-state index contributed by atoms with van der Waals surface area (Å²) in [6.07, 6.45) is 21.2. The van der Waals surface area contributed by atoms with E-state index in [0.717, 1.165) is 50.4 Å². The first-order valence-electron chi connectivity index (χ1n) is 17.3. The van der Waals surface area contributed by atoms with Crippen LogP contribution in [-0.4, -0.2) is 45.2 Å². The van der Waals surface area contributed by atoms with Crippen molar-refractivity contribution in [1.82, 2.24) is 0 Å². The third-order valence-corrected chi connectivity index (χ3v) is 8.22. The van der Waals surface area contributed by atoms with E-state index in [4.69, 9.17) is 0 Å². The van der Waals surface area contributed by atoms with Crippen molar-refractivity contribution in [3.8, 4) is 0 Å². The van der Waals surface area contributed by atoms with Crippen molar-refractivity contribution in [2.75, 3.05) is 0 Å². The van der Waals surface area contributed by atoms with Crippen molar-refractivity contribution in [3.05, 3.63) is 0 Å². The number of aliphatic hydroxyl groups is 3. The van der Waals surface area contributed by atoms with Crippen LogP contribution in [0.4, 0.5) is 0 Å². The van der Waals surface area contributed by atoms with E-state index in [0.29, 0.717) is 12.8 Å². The first-order valence-corrected chi connectivity index (χ1v) is 17.3. The molecule has 3 N–H and O–H groups in total. The first kappa shape index (κ1) is 39.2. The summed E-state index contributed by atoms with van der Waals surface area (Å²) >= 11 is 0. The van der Waals surface area contributed by atoms with E-state index in [1.54, 1.807) is 0 Å². The predicted octanol–water partition coefficient (Wildman–Crippen LogP) is 8.88. The zero-order valence-electron chi connectivity index (χ0n) is 27.0. The number of hydrogen-bond acceptors (Lipinski definition) is 5. The van der Waals surface area contributed by atoms with Gasteiger partial charge in [0.05, 0.1) is 0 Å². The Morgan fingerprint density at radius 3 is 0.875 bits per heavy atom. The summed E-state index contributed by atoms with van der Waals surface area (Å²) in [5.74, 6) is 0.644. The largest absolute Gasteiger partial charge is 0.387 e. The summed E-state index contributed by atoms with van der Waals surface area (Å²) in [5, 5.41) is 30.5. The average Bonchev–Trinajstić information content (AvgIpc) is 2.92. The second-order valence-electron chi connectivity index (χ2n) is 13.2. The van der Waals surface area contributed by atoms with Crippen molar-refractivity contribution in [3.63, 3.8) is 0 Å². The molecule has 238 valence electrons. The Bertz CT molecular complexity index is 538. The van der Waals surface area contributed by atoms with Gasteiger partial charge in [-0.25, -0.2) is 0 Å². The number of aliphatic hydroxyl groups excluding tert-OH is 3. The molecule has 0 fully saturated rings. The molecule has 0 aliphatic rings. The van der Waals surface area contributed by atoms with Gasteiger partial charge in [-0.15, -0.1) is 0 Å². The Hall–Kier alpha value is -0.780. The quantitative estimate of drug-likeness (QED) is 0.0752. The highest BCUT2D eigenvalue weighted by Crippen LogP contribution is 2.17. The average molecular weight is 569 g/mol. The van der Waals surface area contributed by atoms with E-state index < -0.39 is 29.9 Å². The lowest BCUT2D eigenvalue weighted by molar-refractivity contribution is -0.146. The molecule has 0 amide bonds. The molecule has 0 aromatic heterocycles. The van der Waals surface area contributed by atoms with Crippen LogP contribution in [0.2, 0.25) is 0 Å². The van der Waals surface area contributed by atoms with Crippen LogP contribution in [0.15, 0.2) is 0 Å². The summed E-state index contributed by atoms with van der Waals surface area (Å²) in [6.45, 7) is 9.12. The van der Waals surface area contributed by atoms with Gasteiger partial charge >= 0.3 is 0 Å². The molecule has 40 heavy (non-hydrogen) atoms. The van der Waals surface area contributed by atoms with Crippen LogP contribution >= 0.6 is 0 Å². The van der Waals surface area contributed by atoms with Crippen LogP contribution in [0.1, 0.15) is 182 Å². The molecule has 0 spiro atoms. The fraction of sp³-hybridized carbons (Fsp3) is 0.943. The zero-order valence-corrected chi connectivity index (χ0v) is 27.0. The van der Waals surface area contributed by atoms with Crippen molar-refractivity contribution >= 4 is 11.6 Å². The van der Waals surface area contributed by atoms with Gasteiger partial charge in [0.1, 0.15) is 18.3 Å². The molecule has 0 aromatic carbocycles. The molecule has 0 aliphatic heterocycles. The van der Waals surface area contributed by atoms with Crippen LogP contribution in [0, 0.1) is 11.8 Å². The fourth-order valence-electron chi connectivity index (χ4n) is 5.38. The van der Waals surface area contributed by atoms with Gasteiger partial charge in [-0.1, -0.05) is 156 Å². The smallest absolute Gasteiger partial charge is 0.164 e. The van der Waals surface area contributed by atoms with Gasteiger partial charge < -0.3 is 15.3 Å². The van der Waals surface area contributed by atoms with Crippen molar-refractivity contribution < 1.29 is 24.9 Å². The van der Waals surface area contributed by atoms with Crippen LogP contribution in [-0.2, 0) is 9.59 Å². The Morgan fingerprint density at radius 1 is 0.400 bits per heavy atom. The highest BCUT2D eigenvalue weighted by atomic mass is 16.4. The monoisotopic (exact) mass is 569 g/mol. The molecule has 0 aromatic rings. The molecule has 0 bridgehead atoms. The lowest BCUT2D eigenvalue weighted by atomic mass is 9.95. The molecule has 0 aliphatic carbocycles. The maximum atomic E-state index is 12.3. The fourth-order valence-corrected chi connectivity index (χ4v) is 5.38. The number of Topliss-reactive ketones (excluding diaryl/α,β-unsaturated/α-hetero) is 2. The molecule has 0 rings (SSSR count). The van der Waals surface area contributed by atoms with Crippen molar-refractivity contribution in [1.29, 1.82) is 0 Å². The first-order chi connectivity index (χ1) is 19.2. The highest BCUT2D eigenvalue weighted by molar-refractivity contribution is 5.87. The number of unbranched alkanes of at least 4 members (excludes halogenated alkanes) is 18. The minimum absolute atomic E-state index is 0.174. The molecule has 0 saturated carbocycles. The summed E-state index contributed by atoms with van der Waals surface area (Å²) in [5.41, 5.74) is 0. The second kappa shape index (κ2) is 27.1. The summed E-state index contributed by atoms with van der Waals surface area (Å²) in [6, 6.07) is 0.